The average molecular weight is 331 g/mol. The van der Waals surface area contributed by atoms with Crippen LogP contribution in [0.2, 0.25) is 5.02 Å². The van der Waals surface area contributed by atoms with Crippen molar-refractivity contribution in [2.75, 3.05) is 6.54 Å². The van der Waals surface area contributed by atoms with E-state index < -0.39 is 11.9 Å². The minimum absolute atomic E-state index is 0.206. The van der Waals surface area contributed by atoms with Crippen molar-refractivity contribution in [3.05, 3.63) is 34.6 Å². The summed E-state index contributed by atoms with van der Waals surface area (Å²) in [6.45, 7) is 7.88. The molecule has 0 aliphatic heterocycles. The van der Waals surface area contributed by atoms with Gasteiger partial charge in [-0.05, 0) is 43.4 Å². The van der Waals surface area contributed by atoms with Crippen molar-refractivity contribution in [1.29, 1.82) is 0 Å². The number of hydrogen-bond acceptors (Lipinski definition) is 2. The number of aliphatic hydroxyl groups is 1. The molecule has 0 aliphatic carbocycles. The number of halogens is 2. The zero-order valence-corrected chi connectivity index (χ0v) is 14.2. The van der Waals surface area contributed by atoms with Gasteiger partial charge in [0.2, 0.25) is 0 Å². The molecule has 6 heteroatoms. The highest BCUT2D eigenvalue weighted by Crippen LogP contribution is 2.24. The maximum atomic E-state index is 13.0. The third-order valence-electron chi connectivity index (χ3n) is 3.35. The first kappa shape index (κ1) is 18.7. The molecule has 0 bridgehead atoms. The lowest BCUT2D eigenvalue weighted by Crippen LogP contribution is -2.42. The fourth-order valence-corrected chi connectivity index (χ4v) is 2.70. The number of carbonyl (C=O) groups excluding carboxylic acids is 1. The van der Waals surface area contributed by atoms with E-state index in [1.165, 1.54) is 12.1 Å². The van der Waals surface area contributed by atoms with Crippen molar-refractivity contribution in [2.45, 2.75) is 46.3 Å². The van der Waals surface area contributed by atoms with E-state index >= 15 is 0 Å². The lowest BCUT2D eigenvalue weighted by atomic mass is 9.87. The second-order valence-corrected chi connectivity index (χ2v) is 6.84. The van der Waals surface area contributed by atoms with Gasteiger partial charge in [-0.2, -0.15) is 0 Å². The minimum atomic E-state index is -0.420. The van der Waals surface area contributed by atoms with Gasteiger partial charge in [-0.25, -0.2) is 9.18 Å². The molecule has 3 N–H and O–H groups in total. The summed E-state index contributed by atoms with van der Waals surface area (Å²) in [6.07, 6.45) is 0.170. The molecule has 2 atom stereocenters. The standard InChI is InChI=1S/C16H24ClFN2O2/c1-10(21)8-16(3,4)9-19-15(22)20-11(2)13-6-5-12(18)7-14(13)17/h5-7,10-11,21H,8-9H2,1-4H3,(H2,19,20,22). The van der Waals surface area contributed by atoms with Crippen molar-refractivity contribution in [1.82, 2.24) is 10.6 Å². The quantitative estimate of drug-likeness (QED) is 0.745. The Labute approximate surface area is 136 Å². The molecule has 124 valence electrons. The molecular weight excluding hydrogens is 307 g/mol. The number of nitrogens with one attached hydrogen (secondary N) is 2. The number of benzene rings is 1. The topological polar surface area (TPSA) is 61.4 Å². The normalized spacial score (nSPS) is 14.3. The second-order valence-electron chi connectivity index (χ2n) is 6.43. The minimum Gasteiger partial charge on any atom is -0.393 e. The smallest absolute Gasteiger partial charge is 0.315 e. The van der Waals surface area contributed by atoms with E-state index in [1.54, 1.807) is 19.9 Å². The monoisotopic (exact) mass is 330 g/mol. The number of urea groups is 1. The summed E-state index contributed by atoms with van der Waals surface area (Å²) >= 11 is 5.98. The summed E-state index contributed by atoms with van der Waals surface area (Å²) in [5.41, 5.74) is 0.448. The van der Waals surface area contributed by atoms with Gasteiger partial charge in [-0.3, -0.25) is 0 Å². The summed E-state index contributed by atoms with van der Waals surface area (Å²) < 4.78 is 13.0. The van der Waals surface area contributed by atoms with Crippen LogP contribution in [0.1, 0.15) is 45.7 Å². The van der Waals surface area contributed by atoms with Gasteiger partial charge in [-0.1, -0.05) is 31.5 Å². The van der Waals surface area contributed by atoms with Crippen molar-refractivity contribution in [3.8, 4) is 0 Å². The maximum Gasteiger partial charge on any atom is 0.315 e. The third-order valence-corrected chi connectivity index (χ3v) is 3.68. The first-order chi connectivity index (χ1) is 10.1. The van der Waals surface area contributed by atoms with Crippen molar-refractivity contribution >= 4 is 17.6 Å². The average Bonchev–Trinajstić information content (AvgIpc) is 2.34. The van der Waals surface area contributed by atoms with E-state index in [0.29, 0.717) is 18.5 Å². The van der Waals surface area contributed by atoms with Crippen LogP contribution >= 0.6 is 11.6 Å². The molecule has 0 fully saturated rings. The van der Waals surface area contributed by atoms with E-state index in [4.69, 9.17) is 11.6 Å². The Morgan fingerprint density at radius 1 is 1.41 bits per heavy atom. The van der Waals surface area contributed by atoms with Crippen LogP contribution in [0, 0.1) is 11.2 Å². The molecule has 0 saturated carbocycles. The van der Waals surface area contributed by atoms with Crippen molar-refractivity contribution in [3.63, 3.8) is 0 Å². The SMILES string of the molecule is CC(O)CC(C)(C)CNC(=O)NC(C)c1ccc(F)cc1Cl. The molecule has 0 radical (unpaired) electrons. The molecule has 1 aromatic rings. The predicted octanol–water partition coefficient (Wildman–Crippen LogP) is 3.64. The summed E-state index contributed by atoms with van der Waals surface area (Å²) in [5, 5.41) is 15.3. The molecule has 0 spiro atoms. The van der Waals surface area contributed by atoms with Crippen LogP contribution in [0.25, 0.3) is 0 Å². The van der Waals surface area contributed by atoms with Gasteiger partial charge < -0.3 is 15.7 Å². The Hall–Kier alpha value is -1.33. The molecule has 2 amide bonds. The Morgan fingerprint density at radius 2 is 2.05 bits per heavy atom. The van der Waals surface area contributed by atoms with E-state index in [1.807, 2.05) is 13.8 Å². The third kappa shape index (κ3) is 6.20. The predicted molar refractivity (Wildman–Crippen MR) is 86.4 cm³/mol. The second kappa shape index (κ2) is 7.79. The van der Waals surface area contributed by atoms with Crippen LogP contribution in [0.5, 0.6) is 0 Å². The van der Waals surface area contributed by atoms with Gasteiger partial charge in [-0.15, -0.1) is 0 Å². The van der Waals surface area contributed by atoms with E-state index in [-0.39, 0.29) is 22.5 Å². The Balaban J connectivity index is 2.54. The zero-order chi connectivity index (χ0) is 16.9. The Kier molecular flexibility index (Phi) is 6.63. The summed E-state index contributed by atoms with van der Waals surface area (Å²) in [4.78, 5) is 11.9. The van der Waals surface area contributed by atoms with E-state index in [9.17, 15) is 14.3 Å². The molecule has 1 aromatic carbocycles. The lowest BCUT2D eigenvalue weighted by Gasteiger charge is -2.27. The number of aliphatic hydroxyl groups excluding tert-OH is 1. The summed E-state index contributed by atoms with van der Waals surface area (Å²) in [5.74, 6) is -0.412. The van der Waals surface area contributed by atoms with Gasteiger partial charge >= 0.3 is 6.03 Å². The van der Waals surface area contributed by atoms with Gasteiger partial charge in [0.25, 0.3) is 0 Å². The molecule has 0 aromatic heterocycles. The Bertz CT molecular complexity index is 521. The maximum absolute atomic E-state index is 13.0. The molecule has 1 rings (SSSR count). The van der Waals surface area contributed by atoms with Gasteiger partial charge in [0.1, 0.15) is 5.82 Å². The van der Waals surface area contributed by atoms with E-state index in [0.717, 1.165) is 0 Å². The van der Waals surface area contributed by atoms with Crippen LogP contribution in [0.4, 0.5) is 9.18 Å². The van der Waals surface area contributed by atoms with Gasteiger partial charge in [0.05, 0.1) is 12.1 Å². The van der Waals surface area contributed by atoms with Gasteiger partial charge in [0, 0.05) is 11.6 Å². The number of carbonyl (C=O) groups is 1. The fraction of sp³-hybridized carbons (Fsp3) is 0.562. The summed E-state index contributed by atoms with van der Waals surface area (Å²) in [6, 6.07) is 3.42. The fourth-order valence-electron chi connectivity index (χ4n) is 2.37. The molecule has 22 heavy (non-hydrogen) atoms. The molecule has 0 heterocycles. The highest BCUT2D eigenvalue weighted by molar-refractivity contribution is 6.31. The number of rotatable bonds is 6. The summed E-state index contributed by atoms with van der Waals surface area (Å²) in [7, 11) is 0. The molecule has 0 aliphatic rings. The van der Waals surface area contributed by atoms with Crippen LogP contribution < -0.4 is 10.6 Å². The van der Waals surface area contributed by atoms with Crippen LogP contribution in [0.15, 0.2) is 18.2 Å². The highest BCUT2D eigenvalue weighted by atomic mass is 35.5. The molecule has 0 saturated heterocycles. The largest absolute Gasteiger partial charge is 0.393 e. The number of amides is 2. The molecular formula is C16H24ClFN2O2. The van der Waals surface area contributed by atoms with Crippen LogP contribution in [-0.2, 0) is 0 Å². The van der Waals surface area contributed by atoms with E-state index in [2.05, 4.69) is 10.6 Å². The highest BCUT2D eigenvalue weighted by Gasteiger charge is 2.21. The molecule has 2 unspecified atom stereocenters. The van der Waals surface area contributed by atoms with Gasteiger partial charge in [0.15, 0.2) is 0 Å². The van der Waals surface area contributed by atoms with Crippen molar-refractivity contribution < 1.29 is 14.3 Å². The van der Waals surface area contributed by atoms with Crippen molar-refractivity contribution in [2.24, 2.45) is 5.41 Å². The van der Waals surface area contributed by atoms with Crippen LogP contribution in [0.3, 0.4) is 0 Å². The Morgan fingerprint density at radius 3 is 2.59 bits per heavy atom. The molecule has 4 nitrogen and oxygen atoms in total. The zero-order valence-electron chi connectivity index (χ0n) is 13.4. The lowest BCUT2D eigenvalue weighted by molar-refractivity contribution is 0.128. The first-order valence-corrected chi connectivity index (χ1v) is 7.66. The first-order valence-electron chi connectivity index (χ1n) is 7.28. The van der Waals surface area contributed by atoms with Crippen LogP contribution in [-0.4, -0.2) is 23.8 Å². The number of hydrogen-bond donors (Lipinski definition) is 3.